The molecule has 0 amide bonds. The molecule has 0 spiro atoms. The molecule has 2 aromatic carbocycles. The second kappa shape index (κ2) is 8.98. The first-order valence-electron chi connectivity index (χ1n) is 11.1. The topological polar surface area (TPSA) is 70.7 Å². The highest BCUT2D eigenvalue weighted by Gasteiger charge is 2.42. The summed E-state index contributed by atoms with van der Waals surface area (Å²) < 4.78 is 4.85. The van der Waals surface area contributed by atoms with Crippen molar-refractivity contribution in [2.75, 3.05) is 23.9 Å². The molecule has 4 rings (SSSR count). The van der Waals surface area contributed by atoms with Crippen molar-refractivity contribution in [3.8, 4) is 0 Å². The molecule has 1 heterocycles. The predicted octanol–water partition coefficient (Wildman–Crippen LogP) is 4.98. The van der Waals surface area contributed by atoms with E-state index in [0.717, 1.165) is 34.6 Å². The van der Waals surface area contributed by atoms with Crippen molar-refractivity contribution < 1.29 is 14.3 Å². The van der Waals surface area contributed by atoms with E-state index >= 15 is 0 Å². The molecule has 0 saturated heterocycles. The molecule has 0 fully saturated rings. The third kappa shape index (κ3) is 4.37. The van der Waals surface area contributed by atoms with Crippen LogP contribution in [-0.2, 0) is 9.53 Å². The highest BCUT2D eigenvalue weighted by Crippen LogP contribution is 2.48. The summed E-state index contributed by atoms with van der Waals surface area (Å²) >= 11 is 5.83. The van der Waals surface area contributed by atoms with Gasteiger partial charge in [0.05, 0.1) is 30.1 Å². The zero-order valence-electron chi connectivity index (χ0n) is 19.4. The van der Waals surface area contributed by atoms with Gasteiger partial charge in [-0.2, -0.15) is 0 Å². The van der Waals surface area contributed by atoms with Crippen LogP contribution in [0, 0.1) is 5.41 Å². The van der Waals surface area contributed by atoms with Crippen LogP contribution in [0.5, 0.6) is 0 Å². The Hall–Kier alpha value is -3.19. The fraction of sp³-hybridized carbons (Fsp3) is 0.346. The highest BCUT2D eigenvalue weighted by molar-refractivity contribution is 7.80. The van der Waals surface area contributed by atoms with Gasteiger partial charge in [0.2, 0.25) is 0 Å². The Balaban J connectivity index is 1.95. The molecule has 33 heavy (non-hydrogen) atoms. The number of Topliss-reactive ketones (excluding diaryl/α,β-unsaturated/α-hetero) is 1. The number of hydrogen-bond donors (Lipinski definition) is 2. The number of hydrogen-bond acceptors (Lipinski definition) is 5. The van der Waals surface area contributed by atoms with Crippen LogP contribution in [0.2, 0.25) is 0 Å². The van der Waals surface area contributed by atoms with Gasteiger partial charge >= 0.3 is 5.97 Å². The quantitative estimate of drug-likeness (QED) is 0.491. The molecule has 7 heteroatoms. The largest absolute Gasteiger partial charge is 0.465 e. The van der Waals surface area contributed by atoms with E-state index in [0.29, 0.717) is 23.6 Å². The number of carbonyl (C=O) groups is 2. The van der Waals surface area contributed by atoms with Crippen molar-refractivity contribution in [3.05, 3.63) is 70.9 Å². The summed E-state index contributed by atoms with van der Waals surface area (Å²) in [7, 11) is 1.36. The normalized spacial score (nSPS) is 19.1. The summed E-state index contributed by atoms with van der Waals surface area (Å²) in [6, 6.07) is 14.8. The van der Waals surface area contributed by atoms with Gasteiger partial charge in [0.15, 0.2) is 10.9 Å². The molecule has 1 aliphatic heterocycles. The molecule has 1 aliphatic carbocycles. The summed E-state index contributed by atoms with van der Waals surface area (Å²) in [4.78, 5) is 27.6. The Morgan fingerprint density at radius 2 is 1.88 bits per heavy atom. The maximum atomic E-state index is 13.6. The molecule has 2 aliphatic rings. The van der Waals surface area contributed by atoms with Crippen molar-refractivity contribution in [1.82, 2.24) is 5.32 Å². The monoisotopic (exact) mass is 463 g/mol. The van der Waals surface area contributed by atoms with E-state index in [4.69, 9.17) is 17.0 Å². The van der Waals surface area contributed by atoms with Crippen LogP contribution in [-0.4, -0.2) is 30.5 Å². The van der Waals surface area contributed by atoms with Crippen LogP contribution >= 0.6 is 12.2 Å². The lowest BCUT2D eigenvalue weighted by atomic mass is 9.73. The molecule has 2 N–H and O–H groups in total. The molecule has 0 aromatic heterocycles. The van der Waals surface area contributed by atoms with Gasteiger partial charge in [0.1, 0.15) is 0 Å². The summed E-state index contributed by atoms with van der Waals surface area (Å²) in [5.74, 6) is -0.294. The second-order valence-electron chi connectivity index (χ2n) is 9.20. The number of allylic oxidation sites excluding steroid dienone is 1. The van der Waals surface area contributed by atoms with Crippen molar-refractivity contribution in [3.63, 3.8) is 0 Å². The molecule has 0 bridgehead atoms. The number of anilines is 2. The first-order chi connectivity index (χ1) is 15.8. The standard InChI is InChI=1S/C26H29N3O3S/c1-5-27-25(33)29-20-9-7-6-8-18(20)28-19-14-26(2,3)15-21(30)22(19)23(29)16-10-12-17(13-11-16)24(31)32-4/h6-13,23,28H,5,14-15H2,1-4H3,(H,27,33). The molecule has 0 radical (unpaired) electrons. The van der Waals surface area contributed by atoms with Crippen molar-refractivity contribution in [1.29, 1.82) is 0 Å². The van der Waals surface area contributed by atoms with Crippen molar-refractivity contribution in [2.24, 2.45) is 5.41 Å². The first-order valence-corrected chi connectivity index (χ1v) is 11.5. The van der Waals surface area contributed by atoms with Gasteiger partial charge in [-0.25, -0.2) is 4.79 Å². The van der Waals surface area contributed by atoms with E-state index < -0.39 is 12.0 Å². The maximum absolute atomic E-state index is 13.6. The number of nitrogens with one attached hydrogen (secondary N) is 2. The van der Waals surface area contributed by atoms with Gasteiger partial charge in [0.25, 0.3) is 0 Å². The van der Waals surface area contributed by atoms with Crippen molar-refractivity contribution in [2.45, 2.75) is 39.7 Å². The number of nitrogens with zero attached hydrogens (tertiary/aromatic N) is 1. The van der Waals surface area contributed by atoms with E-state index in [-0.39, 0.29) is 11.2 Å². The van der Waals surface area contributed by atoms with Gasteiger partial charge < -0.3 is 20.3 Å². The highest BCUT2D eigenvalue weighted by atomic mass is 32.1. The minimum Gasteiger partial charge on any atom is -0.465 e. The van der Waals surface area contributed by atoms with Gasteiger partial charge in [0, 0.05) is 24.2 Å². The molecule has 1 unspecified atom stereocenters. The third-order valence-electron chi connectivity index (χ3n) is 6.10. The Bertz CT molecular complexity index is 1140. The fourth-order valence-corrected chi connectivity index (χ4v) is 5.03. The Morgan fingerprint density at radius 1 is 1.18 bits per heavy atom. The van der Waals surface area contributed by atoms with Crippen LogP contribution < -0.4 is 15.5 Å². The van der Waals surface area contributed by atoms with Crippen LogP contribution in [0.1, 0.15) is 55.6 Å². The van der Waals surface area contributed by atoms with E-state index in [9.17, 15) is 9.59 Å². The lowest BCUT2D eigenvalue weighted by molar-refractivity contribution is -0.118. The number of para-hydroxylation sites is 2. The average molecular weight is 464 g/mol. The Kier molecular flexibility index (Phi) is 6.26. The molecular weight excluding hydrogens is 434 g/mol. The second-order valence-corrected chi connectivity index (χ2v) is 9.58. The number of esters is 1. The summed E-state index contributed by atoms with van der Waals surface area (Å²) in [6.07, 6.45) is 1.21. The SMILES string of the molecule is CCNC(=S)N1c2ccccc2NC2=C(C(=O)CC(C)(C)C2)C1c1ccc(C(=O)OC)cc1. The number of rotatable bonds is 3. The number of methoxy groups -OCH3 is 1. The number of ether oxygens (including phenoxy) is 1. The molecule has 172 valence electrons. The number of thiocarbonyl (C=S) groups is 1. The maximum Gasteiger partial charge on any atom is 0.337 e. The van der Waals surface area contributed by atoms with Gasteiger partial charge in [-0.1, -0.05) is 38.1 Å². The summed E-state index contributed by atoms with van der Waals surface area (Å²) in [5, 5.41) is 7.38. The van der Waals surface area contributed by atoms with Crippen LogP contribution in [0.25, 0.3) is 0 Å². The summed E-state index contributed by atoms with van der Waals surface area (Å²) in [5.41, 5.74) is 4.63. The molecular formula is C26H29N3O3S. The lowest BCUT2D eigenvalue weighted by Gasteiger charge is -2.38. The van der Waals surface area contributed by atoms with Gasteiger partial charge in [-0.05, 0) is 60.8 Å². The number of fused-ring (bicyclic) bond motifs is 1. The molecule has 6 nitrogen and oxygen atoms in total. The third-order valence-corrected chi connectivity index (χ3v) is 6.44. The fourth-order valence-electron chi connectivity index (χ4n) is 4.68. The molecule has 1 atom stereocenters. The average Bonchev–Trinajstić information content (AvgIpc) is 2.92. The summed E-state index contributed by atoms with van der Waals surface area (Å²) in [6.45, 7) is 6.89. The zero-order valence-corrected chi connectivity index (χ0v) is 20.2. The van der Waals surface area contributed by atoms with Crippen molar-refractivity contribution >= 4 is 40.5 Å². The Labute approximate surface area is 200 Å². The predicted molar refractivity (Wildman–Crippen MR) is 134 cm³/mol. The molecule has 2 aromatic rings. The molecule has 0 saturated carbocycles. The van der Waals surface area contributed by atoms with Gasteiger partial charge in [-0.15, -0.1) is 0 Å². The van der Waals surface area contributed by atoms with E-state index in [1.807, 2.05) is 48.2 Å². The first kappa shape index (κ1) is 23.0. The van der Waals surface area contributed by atoms with E-state index in [1.165, 1.54) is 7.11 Å². The number of carbonyl (C=O) groups excluding carboxylic acids is 2. The minimum atomic E-state index is -0.432. The van der Waals surface area contributed by atoms with E-state index in [2.05, 4.69) is 24.5 Å². The number of ketones is 1. The van der Waals surface area contributed by atoms with Crippen LogP contribution in [0.4, 0.5) is 11.4 Å². The van der Waals surface area contributed by atoms with Crippen LogP contribution in [0.15, 0.2) is 59.8 Å². The smallest absolute Gasteiger partial charge is 0.337 e. The number of benzene rings is 2. The van der Waals surface area contributed by atoms with E-state index in [1.54, 1.807) is 12.1 Å². The zero-order chi connectivity index (χ0) is 23.8. The lowest BCUT2D eigenvalue weighted by Crippen LogP contribution is -2.44. The van der Waals surface area contributed by atoms with Gasteiger partial charge in [-0.3, -0.25) is 4.79 Å². The van der Waals surface area contributed by atoms with Crippen LogP contribution in [0.3, 0.4) is 0 Å². The minimum absolute atomic E-state index is 0.105. The Morgan fingerprint density at radius 3 is 2.55 bits per heavy atom.